The van der Waals surface area contributed by atoms with Crippen LogP contribution in [-0.4, -0.2) is 37.0 Å². The van der Waals surface area contributed by atoms with E-state index in [0.717, 1.165) is 41.2 Å². The molecule has 0 aliphatic carbocycles. The van der Waals surface area contributed by atoms with Crippen LogP contribution in [0.3, 0.4) is 0 Å². The number of phenols is 1. The van der Waals surface area contributed by atoms with Gasteiger partial charge in [-0.15, -0.1) is 0 Å². The number of guanidine groups is 1. The number of benzene rings is 2. The average molecular weight is 540 g/mol. The Labute approximate surface area is 209 Å². The van der Waals surface area contributed by atoms with Crippen molar-refractivity contribution in [1.29, 1.82) is 0 Å². The number of nitrogens with zero attached hydrogens (tertiary/aromatic N) is 4. The molecule has 4 rings (SSSR count). The highest BCUT2D eigenvalue weighted by molar-refractivity contribution is 6.31. The van der Waals surface area contributed by atoms with Gasteiger partial charge in [0.1, 0.15) is 17.4 Å². The number of aryl methyl sites for hydroxylation is 1. The highest BCUT2D eigenvalue weighted by Crippen LogP contribution is 2.31. The van der Waals surface area contributed by atoms with Gasteiger partial charge in [0, 0.05) is 35.6 Å². The van der Waals surface area contributed by atoms with Crippen molar-refractivity contribution in [2.75, 3.05) is 5.32 Å². The molecule has 0 saturated carbocycles. The Hall–Kier alpha value is -4.46. The molecule has 0 aliphatic heterocycles. The average Bonchev–Trinajstić information content (AvgIpc) is 3.41. The second-order valence-corrected chi connectivity index (χ2v) is 8.00. The first-order chi connectivity index (χ1) is 17.4. The lowest BCUT2D eigenvalue weighted by Crippen LogP contribution is -2.36. The van der Waals surface area contributed by atoms with Gasteiger partial charge in [0.15, 0.2) is 11.5 Å². The molecule has 2 aromatic carbocycles. The van der Waals surface area contributed by atoms with Crippen molar-refractivity contribution >= 4 is 35.0 Å². The zero-order chi connectivity index (χ0) is 26.9. The van der Waals surface area contributed by atoms with Crippen LogP contribution in [-0.2, 0) is 13.2 Å². The van der Waals surface area contributed by atoms with Crippen LogP contribution in [0.1, 0.15) is 16.1 Å². The largest absolute Gasteiger partial charge is 0.508 e. The Bertz CT molecular complexity index is 1490. The van der Waals surface area contributed by atoms with Gasteiger partial charge < -0.3 is 10.4 Å². The fourth-order valence-electron chi connectivity index (χ4n) is 3.23. The molecule has 4 aromatic rings. The third kappa shape index (κ3) is 6.03. The molecule has 9 nitrogen and oxygen atoms in total. The Morgan fingerprint density at radius 1 is 1.16 bits per heavy atom. The van der Waals surface area contributed by atoms with E-state index in [1.165, 1.54) is 19.2 Å². The third-order valence-electron chi connectivity index (χ3n) is 4.73. The molecule has 37 heavy (non-hydrogen) atoms. The summed E-state index contributed by atoms with van der Waals surface area (Å²) in [6, 6.07) is 7.83. The fraction of sp³-hybridized carbons (Fsp3) is 0.0909. The first kappa shape index (κ1) is 25.6. The smallest absolute Gasteiger partial charge is 0.435 e. The molecule has 0 spiro atoms. The molecule has 0 saturated heterocycles. The minimum absolute atomic E-state index is 0.000988. The van der Waals surface area contributed by atoms with Crippen LogP contribution in [0.25, 0.3) is 11.3 Å². The molecule has 192 valence electrons. The van der Waals surface area contributed by atoms with E-state index >= 15 is 0 Å². The Morgan fingerprint density at radius 3 is 2.62 bits per heavy atom. The van der Waals surface area contributed by atoms with Crippen molar-refractivity contribution in [1.82, 2.24) is 25.3 Å². The number of alkyl halides is 3. The normalized spacial score (nSPS) is 12.0. The minimum Gasteiger partial charge on any atom is -0.508 e. The Morgan fingerprint density at radius 2 is 1.92 bits per heavy atom. The summed E-state index contributed by atoms with van der Waals surface area (Å²) in [7, 11) is 1.21. The van der Waals surface area contributed by atoms with E-state index in [1.54, 1.807) is 0 Å². The maximum Gasteiger partial charge on any atom is 0.435 e. The summed E-state index contributed by atoms with van der Waals surface area (Å²) in [6.45, 7) is 0. The number of anilines is 1. The van der Waals surface area contributed by atoms with Crippen LogP contribution in [0.5, 0.6) is 5.75 Å². The number of hydrogen-bond acceptors (Lipinski definition) is 5. The number of H-pyrrole nitrogens is 1. The molecule has 2 aromatic heterocycles. The van der Waals surface area contributed by atoms with Crippen LogP contribution in [0, 0.1) is 11.6 Å². The molecule has 15 heteroatoms. The molecule has 0 atom stereocenters. The van der Waals surface area contributed by atoms with Gasteiger partial charge in [-0.05, 0) is 36.4 Å². The summed E-state index contributed by atoms with van der Waals surface area (Å²) in [5.41, 5.74) is -2.18. The standard InChI is InChI=1S/C22H15ClF5N7O2/c1-35-9-15(19(34-35)22(26,27)28)20(37)31-21(29-12-5-10(23)4-11(24)6-12)30-18-8-17(32-33-18)14-7-13(36)2-3-16(14)25/h2-9,36H,1H3,(H3,29,30,31,32,33,37). The summed E-state index contributed by atoms with van der Waals surface area (Å²) in [5, 5.41) is 24.0. The maximum atomic E-state index is 14.2. The number of nitrogens with one attached hydrogen (secondary N) is 3. The summed E-state index contributed by atoms with van der Waals surface area (Å²) >= 11 is 5.85. The number of aromatic amines is 1. The lowest BCUT2D eigenvalue weighted by atomic mass is 10.1. The lowest BCUT2D eigenvalue weighted by molar-refractivity contribution is -0.141. The third-order valence-corrected chi connectivity index (χ3v) is 4.95. The number of carbonyl (C=O) groups is 1. The quantitative estimate of drug-likeness (QED) is 0.165. The number of hydrogen-bond donors (Lipinski definition) is 4. The topological polar surface area (TPSA) is 120 Å². The van der Waals surface area contributed by atoms with Gasteiger partial charge in [-0.3, -0.25) is 19.9 Å². The van der Waals surface area contributed by atoms with Gasteiger partial charge in [0.2, 0.25) is 5.96 Å². The minimum atomic E-state index is -4.92. The number of carbonyl (C=O) groups excluding carboxylic acids is 1. The summed E-state index contributed by atoms with van der Waals surface area (Å²) in [6.07, 6.45) is -4.05. The number of halogens is 6. The Balaban J connectivity index is 1.71. The van der Waals surface area contributed by atoms with E-state index < -0.39 is 40.9 Å². The summed E-state index contributed by atoms with van der Waals surface area (Å²) in [5.74, 6) is -3.49. The van der Waals surface area contributed by atoms with Crippen molar-refractivity contribution in [3.8, 4) is 17.0 Å². The zero-order valence-electron chi connectivity index (χ0n) is 18.5. The molecule has 0 bridgehead atoms. The molecular weight excluding hydrogens is 525 g/mol. The molecule has 0 fully saturated rings. The highest BCUT2D eigenvalue weighted by Gasteiger charge is 2.39. The second kappa shape index (κ2) is 9.89. The first-order valence-corrected chi connectivity index (χ1v) is 10.5. The van der Waals surface area contributed by atoms with E-state index in [-0.39, 0.29) is 33.5 Å². The molecular formula is C22H15ClF5N7O2. The van der Waals surface area contributed by atoms with E-state index in [0.29, 0.717) is 0 Å². The van der Waals surface area contributed by atoms with Crippen molar-refractivity contribution in [3.05, 3.63) is 76.6 Å². The van der Waals surface area contributed by atoms with Gasteiger partial charge in [-0.2, -0.15) is 28.4 Å². The highest BCUT2D eigenvalue weighted by atomic mass is 35.5. The van der Waals surface area contributed by atoms with E-state index in [2.05, 4.69) is 30.9 Å². The van der Waals surface area contributed by atoms with Crippen molar-refractivity contribution in [3.63, 3.8) is 0 Å². The summed E-state index contributed by atoms with van der Waals surface area (Å²) < 4.78 is 68.9. The van der Waals surface area contributed by atoms with Crippen LogP contribution in [0.15, 0.2) is 53.7 Å². The van der Waals surface area contributed by atoms with Gasteiger partial charge in [-0.1, -0.05) is 11.6 Å². The number of aromatic hydroxyl groups is 1. The number of amides is 1. The van der Waals surface area contributed by atoms with E-state index in [1.807, 2.05) is 0 Å². The van der Waals surface area contributed by atoms with Crippen molar-refractivity contribution in [2.24, 2.45) is 12.0 Å². The molecule has 1 amide bonds. The van der Waals surface area contributed by atoms with E-state index in [9.17, 15) is 31.9 Å². The van der Waals surface area contributed by atoms with Gasteiger partial charge in [0.25, 0.3) is 5.91 Å². The SMILES string of the molecule is Cn1cc(C(=O)NC(=Nc2cc(-c3cc(O)ccc3F)[nH]n2)Nc2cc(F)cc(Cl)c2)c(C(F)(F)F)n1. The molecule has 0 radical (unpaired) electrons. The van der Waals surface area contributed by atoms with Crippen LogP contribution < -0.4 is 10.6 Å². The number of aromatic nitrogens is 4. The fourth-order valence-corrected chi connectivity index (χ4v) is 3.45. The summed E-state index contributed by atoms with van der Waals surface area (Å²) in [4.78, 5) is 16.8. The zero-order valence-corrected chi connectivity index (χ0v) is 19.3. The molecule has 0 unspecified atom stereocenters. The van der Waals surface area contributed by atoms with Crippen LogP contribution in [0.4, 0.5) is 33.5 Å². The van der Waals surface area contributed by atoms with Crippen LogP contribution >= 0.6 is 11.6 Å². The number of rotatable bonds is 4. The Kier molecular flexibility index (Phi) is 6.85. The molecule has 0 aliphatic rings. The van der Waals surface area contributed by atoms with Gasteiger partial charge in [-0.25, -0.2) is 8.78 Å². The van der Waals surface area contributed by atoms with Crippen LogP contribution in [0.2, 0.25) is 5.02 Å². The number of phenolic OH excluding ortho intramolecular Hbond substituents is 1. The lowest BCUT2D eigenvalue weighted by Gasteiger charge is -2.12. The van der Waals surface area contributed by atoms with E-state index in [4.69, 9.17) is 11.6 Å². The van der Waals surface area contributed by atoms with Gasteiger partial charge in [0.05, 0.1) is 11.3 Å². The molecule has 4 N–H and O–H groups in total. The predicted molar refractivity (Wildman–Crippen MR) is 123 cm³/mol. The number of aliphatic imine (C=N–C) groups is 1. The van der Waals surface area contributed by atoms with Crippen molar-refractivity contribution in [2.45, 2.75) is 6.18 Å². The second-order valence-electron chi connectivity index (χ2n) is 7.56. The first-order valence-electron chi connectivity index (χ1n) is 10.2. The molecule has 2 heterocycles. The maximum absolute atomic E-state index is 14.2. The van der Waals surface area contributed by atoms with Crippen molar-refractivity contribution < 1.29 is 31.9 Å². The monoisotopic (exact) mass is 539 g/mol. The predicted octanol–water partition coefficient (Wildman–Crippen LogP) is 5.00. The van der Waals surface area contributed by atoms with Gasteiger partial charge >= 0.3 is 6.18 Å².